The lowest BCUT2D eigenvalue weighted by atomic mass is 10.1. The SMILES string of the molecule is CCc1ccc2oc(C(=O)N(Cc3ccc(N(CC)CC)cc3)[C@@H]3CCS(=O)(=O)C3)cc(=O)c2c1. The minimum atomic E-state index is -3.22. The topological polar surface area (TPSA) is 87.9 Å². The van der Waals surface area contributed by atoms with Crippen molar-refractivity contribution in [2.45, 2.75) is 46.2 Å². The fourth-order valence-corrected chi connectivity index (χ4v) is 6.39. The number of hydrogen-bond acceptors (Lipinski definition) is 6. The van der Waals surface area contributed by atoms with Crippen LogP contribution in [0, 0.1) is 0 Å². The van der Waals surface area contributed by atoms with Crippen LogP contribution in [0.4, 0.5) is 5.69 Å². The van der Waals surface area contributed by atoms with E-state index in [1.54, 1.807) is 17.0 Å². The highest BCUT2D eigenvalue weighted by Gasteiger charge is 2.36. The van der Waals surface area contributed by atoms with Crippen LogP contribution in [0.5, 0.6) is 0 Å². The number of hydrogen-bond donors (Lipinski definition) is 0. The van der Waals surface area contributed by atoms with Gasteiger partial charge >= 0.3 is 0 Å². The van der Waals surface area contributed by atoms with Gasteiger partial charge in [0.1, 0.15) is 5.58 Å². The number of nitrogens with zero attached hydrogens (tertiary/aromatic N) is 2. The number of rotatable bonds is 8. The standard InChI is InChI=1S/C27H32N2O5S/c1-4-19-9-12-25-23(15-19)24(30)16-26(34-25)27(31)29(22-13-14-35(32,33)18-22)17-20-7-10-21(11-8-20)28(5-2)6-3/h7-12,15-16,22H,4-6,13-14,17-18H2,1-3H3/t22-/m1/s1. The molecule has 1 fully saturated rings. The third kappa shape index (κ3) is 5.42. The van der Waals surface area contributed by atoms with Crippen LogP contribution in [-0.2, 0) is 22.8 Å². The zero-order valence-corrected chi connectivity index (χ0v) is 21.3. The van der Waals surface area contributed by atoms with E-state index >= 15 is 0 Å². The first-order chi connectivity index (χ1) is 16.7. The number of aryl methyl sites for hydroxylation is 1. The van der Waals surface area contributed by atoms with Crippen LogP contribution >= 0.6 is 0 Å². The Morgan fingerprint density at radius 1 is 1.00 bits per heavy atom. The van der Waals surface area contributed by atoms with Gasteiger partial charge in [-0.15, -0.1) is 0 Å². The highest BCUT2D eigenvalue weighted by molar-refractivity contribution is 7.91. The van der Waals surface area contributed by atoms with Crippen molar-refractivity contribution in [2.75, 3.05) is 29.5 Å². The van der Waals surface area contributed by atoms with Crippen molar-refractivity contribution in [3.63, 3.8) is 0 Å². The van der Waals surface area contributed by atoms with Crippen LogP contribution in [0.15, 0.2) is 57.7 Å². The van der Waals surface area contributed by atoms with Gasteiger partial charge in [-0.25, -0.2) is 8.42 Å². The summed E-state index contributed by atoms with van der Waals surface area (Å²) in [7, 11) is -3.22. The van der Waals surface area contributed by atoms with E-state index in [-0.39, 0.29) is 29.2 Å². The van der Waals surface area contributed by atoms with Gasteiger partial charge in [0.2, 0.25) is 0 Å². The molecule has 0 N–H and O–H groups in total. The van der Waals surface area contributed by atoms with Crippen LogP contribution in [0.2, 0.25) is 0 Å². The van der Waals surface area contributed by atoms with Gasteiger partial charge in [-0.2, -0.15) is 0 Å². The summed E-state index contributed by atoms with van der Waals surface area (Å²) in [5, 5.41) is 0.433. The molecule has 0 unspecified atom stereocenters. The van der Waals surface area contributed by atoms with E-state index in [4.69, 9.17) is 4.42 Å². The number of benzene rings is 2. The van der Waals surface area contributed by atoms with Crippen molar-refractivity contribution < 1.29 is 17.6 Å². The second-order valence-electron chi connectivity index (χ2n) is 8.99. The van der Waals surface area contributed by atoms with Crippen molar-refractivity contribution in [3.8, 4) is 0 Å². The second kappa shape index (κ2) is 10.2. The first-order valence-corrected chi connectivity index (χ1v) is 14.0. The molecule has 1 aliphatic rings. The molecule has 3 aromatic rings. The molecule has 2 heterocycles. The summed E-state index contributed by atoms with van der Waals surface area (Å²) in [6.45, 7) is 8.20. The summed E-state index contributed by atoms with van der Waals surface area (Å²) >= 11 is 0. The predicted octanol–water partition coefficient (Wildman–Crippen LogP) is 4.03. The molecule has 2 aromatic carbocycles. The molecule has 1 aromatic heterocycles. The fraction of sp³-hybridized carbons (Fsp3) is 0.407. The molecule has 0 spiro atoms. The fourth-order valence-electron chi connectivity index (χ4n) is 4.66. The number of fused-ring (bicyclic) bond motifs is 1. The van der Waals surface area contributed by atoms with Gasteiger partial charge in [-0.1, -0.05) is 25.1 Å². The first kappa shape index (κ1) is 25.0. The van der Waals surface area contributed by atoms with Crippen molar-refractivity contribution in [2.24, 2.45) is 0 Å². The van der Waals surface area contributed by atoms with Gasteiger partial charge in [0.15, 0.2) is 21.0 Å². The monoisotopic (exact) mass is 496 g/mol. The summed E-state index contributed by atoms with van der Waals surface area (Å²) < 4.78 is 30.3. The maximum atomic E-state index is 13.6. The summed E-state index contributed by atoms with van der Waals surface area (Å²) in [5.41, 5.74) is 3.05. The van der Waals surface area contributed by atoms with Gasteiger partial charge in [0.25, 0.3) is 5.91 Å². The molecule has 1 amide bonds. The number of carbonyl (C=O) groups excluding carboxylic acids is 1. The third-order valence-corrected chi connectivity index (χ3v) is 8.49. The maximum Gasteiger partial charge on any atom is 0.290 e. The number of carbonyl (C=O) groups is 1. The molecule has 4 rings (SSSR count). The molecule has 1 atom stereocenters. The second-order valence-corrected chi connectivity index (χ2v) is 11.2. The quantitative estimate of drug-likeness (QED) is 0.468. The molecule has 8 heteroatoms. The predicted molar refractivity (Wildman–Crippen MR) is 139 cm³/mol. The Labute approximate surface area is 206 Å². The summed E-state index contributed by atoms with van der Waals surface area (Å²) in [4.78, 5) is 30.2. The summed E-state index contributed by atoms with van der Waals surface area (Å²) in [5.74, 6) is -0.591. The third-order valence-electron chi connectivity index (χ3n) is 6.74. The highest BCUT2D eigenvalue weighted by Crippen LogP contribution is 2.25. The number of anilines is 1. The van der Waals surface area contributed by atoms with E-state index in [1.165, 1.54) is 6.07 Å². The van der Waals surface area contributed by atoms with E-state index in [2.05, 4.69) is 18.7 Å². The zero-order chi connectivity index (χ0) is 25.2. The molecule has 7 nitrogen and oxygen atoms in total. The van der Waals surface area contributed by atoms with Gasteiger partial charge < -0.3 is 14.2 Å². The number of sulfone groups is 1. The van der Waals surface area contributed by atoms with Crippen LogP contribution in [-0.4, -0.2) is 49.9 Å². The van der Waals surface area contributed by atoms with E-state index in [1.807, 2.05) is 37.3 Å². The van der Waals surface area contributed by atoms with Crippen molar-refractivity contribution in [1.29, 1.82) is 0 Å². The van der Waals surface area contributed by atoms with Crippen molar-refractivity contribution in [1.82, 2.24) is 4.90 Å². The van der Waals surface area contributed by atoms with E-state index in [0.717, 1.165) is 36.3 Å². The van der Waals surface area contributed by atoms with Crippen LogP contribution in [0.3, 0.4) is 0 Å². The van der Waals surface area contributed by atoms with E-state index in [9.17, 15) is 18.0 Å². The normalized spacial score (nSPS) is 16.9. The Morgan fingerprint density at radius 2 is 1.69 bits per heavy atom. The molecule has 186 valence electrons. The van der Waals surface area contributed by atoms with Crippen molar-refractivity contribution in [3.05, 3.63) is 75.6 Å². The Morgan fingerprint density at radius 3 is 2.29 bits per heavy atom. The molecule has 1 aliphatic heterocycles. The van der Waals surface area contributed by atoms with Crippen LogP contribution < -0.4 is 10.3 Å². The lowest BCUT2D eigenvalue weighted by Gasteiger charge is -2.28. The molecule has 0 saturated carbocycles. The zero-order valence-electron chi connectivity index (χ0n) is 20.5. The molecule has 35 heavy (non-hydrogen) atoms. The van der Waals surface area contributed by atoms with E-state index in [0.29, 0.717) is 17.4 Å². The van der Waals surface area contributed by atoms with Crippen LogP contribution in [0.1, 0.15) is 48.9 Å². The smallest absolute Gasteiger partial charge is 0.290 e. The average molecular weight is 497 g/mol. The molecule has 0 radical (unpaired) electrons. The van der Waals surface area contributed by atoms with Gasteiger partial charge in [-0.3, -0.25) is 9.59 Å². The average Bonchev–Trinajstić information content (AvgIpc) is 3.22. The lowest BCUT2D eigenvalue weighted by molar-refractivity contribution is 0.0648. The largest absolute Gasteiger partial charge is 0.451 e. The Bertz CT molecular complexity index is 1370. The molecule has 0 aliphatic carbocycles. The lowest BCUT2D eigenvalue weighted by Crippen LogP contribution is -2.41. The molecule has 1 saturated heterocycles. The van der Waals surface area contributed by atoms with Crippen molar-refractivity contribution >= 4 is 32.4 Å². The van der Waals surface area contributed by atoms with Gasteiger partial charge in [0, 0.05) is 37.4 Å². The Hall–Kier alpha value is -3.13. The minimum Gasteiger partial charge on any atom is -0.451 e. The number of amides is 1. The molecular weight excluding hydrogens is 464 g/mol. The van der Waals surface area contributed by atoms with Gasteiger partial charge in [0.05, 0.1) is 16.9 Å². The minimum absolute atomic E-state index is 0.0454. The Balaban J connectivity index is 1.68. The Kier molecular flexibility index (Phi) is 7.31. The van der Waals surface area contributed by atoms with Gasteiger partial charge in [-0.05, 0) is 62.1 Å². The van der Waals surface area contributed by atoms with E-state index < -0.39 is 21.8 Å². The molecule has 0 bridgehead atoms. The summed E-state index contributed by atoms with van der Waals surface area (Å²) in [6.07, 6.45) is 1.15. The highest BCUT2D eigenvalue weighted by atomic mass is 32.2. The van der Waals surface area contributed by atoms with Crippen LogP contribution in [0.25, 0.3) is 11.0 Å². The summed E-state index contributed by atoms with van der Waals surface area (Å²) in [6, 6.07) is 14.1. The maximum absolute atomic E-state index is 13.6. The first-order valence-electron chi connectivity index (χ1n) is 12.2. The molecular formula is C27H32N2O5S.